The highest BCUT2D eigenvalue weighted by Crippen LogP contribution is 2.42. The first-order chi connectivity index (χ1) is 10.2. The van der Waals surface area contributed by atoms with Crippen LogP contribution in [0.2, 0.25) is 0 Å². The molecule has 116 valence electrons. The van der Waals surface area contributed by atoms with E-state index in [1.807, 2.05) is 6.92 Å². The summed E-state index contributed by atoms with van der Waals surface area (Å²) < 4.78 is 32.6. The van der Waals surface area contributed by atoms with Gasteiger partial charge in [0.2, 0.25) is 0 Å². The number of rotatable bonds is 6. The van der Waals surface area contributed by atoms with E-state index >= 15 is 0 Å². The van der Waals surface area contributed by atoms with Crippen LogP contribution in [0.4, 0.5) is 8.78 Å². The third kappa shape index (κ3) is 4.14. The zero-order valence-electron chi connectivity index (χ0n) is 12.3. The van der Waals surface area contributed by atoms with Crippen molar-refractivity contribution in [1.29, 1.82) is 0 Å². The molecule has 0 saturated heterocycles. The van der Waals surface area contributed by atoms with E-state index in [1.54, 1.807) is 7.05 Å². The van der Waals surface area contributed by atoms with E-state index in [0.29, 0.717) is 32.1 Å². The summed E-state index contributed by atoms with van der Waals surface area (Å²) in [6, 6.07) is 3.98. The summed E-state index contributed by atoms with van der Waals surface area (Å²) in [6.45, 7) is 3.84. The van der Waals surface area contributed by atoms with Crippen LogP contribution in [0.1, 0.15) is 24.8 Å². The molecular weight excluding hydrogens is 276 g/mol. The predicted octanol–water partition coefficient (Wildman–Crippen LogP) is 2.02. The maximum absolute atomic E-state index is 13.7. The molecule has 1 aromatic carbocycles. The van der Waals surface area contributed by atoms with E-state index in [9.17, 15) is 8.78 Å². The molecule has 21 heavy (non-hydrogen) atoms. The molecule has 1 fully saturated rings. The van der Waals surface area contributed by atoms with Gasteiger partial charge in [-0.1, -0.05) is 6.07 Å². The topological polar surface area (TPSA) is 45.6 Å². The van der Waals surface area contributed by atoms with Crippen LogP contribution in [0.3, 0.4) is 0 Å². The van der Waals surface area contributed by atoms with E-state index in [1.165, 1.54) is 18.2 Å². The van der Waals surface area contributed by atoms with Crippen molar-refractivity contribution in [2.45, 2.75) is 25.3 Å². The van der Waals surface area contributed by atoms with Crippen molar-refractivity contribution in [3.05, 3.63) is 35.4 Å². The molecule has 0 aromatic heterocycles. The minimum Gasteiger partial charge on any atom is -0.380 e. The number of hydrogen-bond acceptors (Lipinski definition) is 2. The maximum atomic E-state index is 13.7. The SMILES string of the molecule is CCOCCNC(=NC)NC1CC1c1c(F)cccc1F. The Morgan fingerprint density at radius 1 is 1.38 bits per heavy atom. The fraction of sp³-hybridized carbons (Fsp3) is 0.533. The highest BCUT2D eigenvalue weighted by atomic mass is 19.1. The molecule has 2 atom stereocenters. The van der Waals surface area contributed by atoms with Gasteiger partial charge in [0.15, 0.2) is 5.96 Å². The summed E-state index contributed by atoms with van der Waals surface area (Å²) in [7, 11) is 1.66. The number of benzene rings is 1. The Bertz CT molecular complexity index is 487. The summed E-state index contributed by atoms with van der Waals surface area (Å²) in [5.74, 6) is -0.484. The van der Waals surface area contributed by atoms with E-state index in [2.05, 4.69) is 15.6 Å². The Labute approximate surface area is 123 Å². The van der Waals surface area contributed by atoms with Crippen LogP contribution < -0.4 is 10.6 Å². The van der Waals surface area contributed by atoms with Gasteiger partial charge in [-0.05, 0) is 25.5 Å². The van der Waals surface area contributed by atoms with Crippen LogP contribution in [0.15, 0.2) is 23.2 Å². The molecule has 1 aliphatic rings. The van der Waals surface area contributed by atoms with Crippen molar-refractivity contribution in [1.82, 2.24) is 10.6 Å². The van der Waals surface area contributed by atoms with Crippen molar-refractivity contribution in [3.63, 3.8) is 0 Å². The molecule has 2 unspecified atom stereocenters. The zero-order chi connectivity index (χ0) is 15.2. The average molecular weight is 297 g/mol. The van der Waals surface area contributed by atoms with Crippen LogP contribution in [-0.2, 0) is 4.74 Å². The normalized spacial score (nSPS) is 21.2. The standard InChI is InChI=1S/C15H21F2N3O/c1-3-21-8-7-19-15(18-2)20-13-9-10(13)14-11(16)5-4-6-12(14)17/h4-6,10,13H,3,7-9H2,1-2H3,(H2,18,19,20). The number of nitrogens with one attached hydrogen (secondary N) is 2. The molecule has 1 aromatic rings. The molecular formula is C15H21F2N3O. The highest BCUT2D eigenvalue weighted by Gasteiger charge is 2.42. The molecule has 4 nitrogen and oxygen atoms in total. The van der Waals surface area contributed by atoms with Gasteiger partial charge in [-0.25, -0.2) is 8.78 Å². The van der Waals surface area contributed by atoms with Crippen molar-refractivity contribution in [3.8, 4) is 0 Å². The van der Waals surface area contributed by atoms with E-state index in [0.717, 1.165) is 0 Å². The lowest BCUT2D eigenvalue weighted by molar-refractivity contribution is 0.152. The largest absolute Gasteiger partial charge is 0.380 e. The summed E-state index contributed by atoms with van der Waals surface area (Å²) >= 11 is 0. The van der Waals surface area contributed by atoms with Gasteiger partial charge in [0, 0.05) is 37.7 Å². The fourth-order valence-corrected chi connectivity index (χ4v) is 2.29. The molecule has 6 heteroatoms. The van der Waals surface area contributed by atoms with Crippen LogP contribution in [0.5, 0.6) is 0 Å². The van der Waals surface area contributed by atoms with Crippen molar-refractivity contribution < 1.29 is 13.5 Å². The Morgan fingerprint density at radius 2 is 2.10 bits per heavy atom. The Balaban J connectivity index is 1.85. The second-order valence-electron chi connectivity index (χ2n) is 4.92. The Kier molecular flexibility index (Phi) is 5.50. The van der Waals surface area contributed by atoms with Crippen LogP contribution in [-0.4, -0.2) is 38.8 Å². The molecule has 2 rings (SSSR count). The van der Waals surface area contributed by atoms with Crippen molar-refractivity contribution in [2.24, 2.45) is 4.99 Å². The van der Waals surface area contributed by atoms with Gasteiger partial charge in [-0.3, -0.25) is 4.99 Å². The second-order valence-corrected chi connectivity index (χ2v) is 4.92. The van der Waals surface area contributed by atoms with Crippen molar-refractivity contribution in [2.75, 3.05) is 26.8 Å². The molecule has 0 bridgehead atoms. The molecule has 1 aliphatic carbocycles. The maximum Gasteiger partial charge on any atom is 0.191 e. The van der Waals surface area contributed by atoms with Gasteiger partial charge in [0.25, 0.3) is 0 Å². The first-order valence-electron chi connectivity index (χ1n) is 7.16. The summed E-state index contributed by atoms with van der Waals surface area (Å²) in [5.41, 5.74) is 0.166. The lowest BCUT2D eigenvalue weighted by atomic mass is 10.1. The third-order valence-corrected chi connectivity index (χ3v) is 3.45. The molecule has 0 heterocycles. The fourth-order valence-electron chi connectivity index (χ4n) is 2.29. The summed E-state index contributed by atoms with van der Waals surface area (Å²) in [5, 5.41) is 6.27. The lowest BCUT2D eigenvalue weighted by Crippen LogP contribution is -2.40. The number of nitrogens with zero attached hydrogens (tertiary/aromatic N) is 1. The molecule has 0 radical (unpaired) electrons. The van der Waals surface area contributed by atoms with Crippen molar-refractivity contribution >= 4 is 5.96 Å². The quantitative estimate of drug-likeness (QED) is 0.480. The van der Waals surface area contributed by atoms with E-state index < -0.39 is 11.6 Å². The minimum absolute atomic E-state index is 0.00898. The molecule has 0 aliphatic heterocycles. The first-order valence-corrected chi connectivity index (χ1v) is 7.16. The van der Waals surface area contributed by atoms with E-state index in [-0.39, 0.29) is 17.5 Å². The van der Waals surface area contributed by atoms with Gasteiger partial charge >= 0.3 is 0 Å². The van der Waals surface area contributed by atoms with Crippen LogP contribution in [0.25, 0.3) is 0 Å². The monoisotopic (exact) mass is 297 g/mol. The highest BCUT2D eigenvalue weighted by molar-refractivity contribution is 5.80. The van der Waals surface area contributed by atoms with Gasteiger partial charge in [-0.2, -0.15) is 0 Å². The summed E-state index contributed by atoms with van der Waals surface area (Å²) in [4.78, 5) is 4.09. The number of halogens is 2. The number of ether oxygens (including phenoxy) is 1. The van der Waals surface area contributed by atoms with Gasteiger partial charge < -0.3 is 15.4 Å². The van der Waals surface area contributed by atoms with Gasteiger partial charge in [0.05, 0.1) is 6.61 Å². The Hall–Kier alpha value is -1.69. The van der Waals surface area contributed by atoms with Gasteiger partial charge in [0.1, 0.15) is 11.6 Å². The smallest absolute Gasteiger partial charge is 0.191 e. The third-order valence-electron chi connectivity index (χ3n) is 3.45. The Morgan fingerprint density at radius 3 is 2.71 bits per heavy atom. The number of guanidine groups is 1. The minimum atomic E-state index is -0.483. The number of aliphatic imine (C=N–C) groups is 1. The molecule has 1 saturated carbocycles. The molecule has 0 spiro atoms. The second kappa shape index (κ2) is 7.36. The first kappa shape index (κ1) is 15.7. The zero-order valence-corrected chi connectivity index (χ0v) is 12.3. The predicted molar refractivity (Wildman–Crippen MR) is 78.5 cm³/mol. The van der Waals surface area contributed by atoms with Gasteiger partial charge in [-0.15, -0.1) is 0 Å². The van der Waals surface area contributed by atoms with E-state index in [4.69, 9.17) is 4.74 Å². The molecule has 2 N–H and O–H groups in total. The lowest BCUT2D eigenvalue weighted by Gasteiger charge is -2.12. The average Bonchev–Trinajstić information content (AvgIpc) is 3.21. The van der Waals surface area contributed by atoms with Crippen LogP contribution >= 0.6 is 0 Å². The summed E-state index contributed by atoms with van der Waals surface area (Å²) in [6.07, 6.45) is 0.698. The number of hydrogen-bond donors (Lipinski definition) is 2. The molecule has 0 amide bonds. The van der Waals surface area contributed by atoms with Crippen LogP contribution in [0, 0.1) is 11.6 Å².